The SMILES string of the molecule is CCCC1CCC(C2CCC(C3CC(=O)c4c3ccc(F)c4F)CC2)CC1. The Kier molecular flexibility index (Phi) is 5.66. The molecule has 3 heteroatoms. The Balaban J connectivity index is 1.36. The molecule has 0 radical (unpaired) electrons. The minimum Gasteiger partial charge on any atom is -0.294 e. The Labute approximate surface area is 161 Å². The van der Waals surface area contributed by atoms with Crippen molar-refractivity contribution >= 4 is 5.78 Å². The first-order valence-corrected chi connectivity index (χ1v) is 11.1. The fourth-order valence-corrected chi connectivity index (χ4v) is 6.37. The molecule has 27 heavy (non-hydrogen) atoms. The summed E-state index contributed by atoms with van der Waals surface area (Å²) in [5, 5.41) is 0. The van der Waals surface area contributed by atoms with E-state index in [9.17, 15) is 13.6 Å². The molecule has 3 aliphatic carbocycles. The summed E-state index contributed by atoms with van der Waals surface area (Å²) >= 11 is 0. The van der Waals surface area contributed by atoms with Gasteiger partial charge in [-0.25, -0.2) is 8.78 Å². The first kappa shape index (κ1) is 19.1. The summed E-state index contributed by atoms with van der Waals surface area (Å²) in [4.78, 5) is 12.3. The third-order valence-corrected chi connectivity index (χ3v) is 7.85. The molecule has 0 heterocycles. The van der Waals surface area contributed by atoms with E-state index in [0.29, 0.717) is 12.3 Å². The Morgan fingerprint density at radius 2 is 1.48 bits per heavy atom. The molecule has 0 N–H and O–H groups in total. The van der Waals surface area contributed by atoms with Gasteiger partial charge in [-0.15, -0.1) is 0 Å². The summed E-state index contributed by atoms with van der Waals surface area (Å²) < 4.78 is 27.6. The van der Waals surface area contributed by atoms with E-state index in [-0.39, 0.29) is 17.3 Å². The fourth-order valence-electron chi connectivity index (χ4n) is 6.37. The third kappa shape index (κ3) is 3.71. The Bertz CT molecular complexity index is 682. The zero-order chi connectivity index (χ0) is 19.0. The van der Waals surface area contributed by atoms with Gasteiger partial charge in [-0.3, -0.25) is 4.79 Å². The number of halogens is 2. The summed E-state index contributed by atoms with van der Waals surface area (Å²) in [6.07, 6.45) is 13.5. The van der Waals surface area contributed by atoms with Crippen molar-refractivity contribution in [3.8, 4) is 0 Å². The lowest BCUT2D eigenvalue weighted by molar-refractivity contribution is 0.0963. The highest BCUT2D eigenvalue weighted by Gasteiger charge is 2.40. The molecule has 0 aromatic heterocycles. The average Bonchev–Trinajstić information content (AvgIpc) is 3.03. The highest BCUT2D eigenvalue weighted by Crippen LogP contribution is 2.49. The fraction of sp³-hybridized carbons (Fsp3) is 0.708. The van der Waals surface area contributed by atoms with E-state index in [1.54, 1.807) is 6.07 Å². The maximum Gasteiger partial charge on any atom is 0.169 e. The van der Waals surface area contributed by atoms with Crippen LogP contribution in [-0.2, 0) is 0 Å². The summed E-state index contributed by atoms with van der Waals surface area (Å²) in [5.74, 6) is 1.20. The topological polar surface area (TPSA) is 17.1 Å². The molecule has 4 rings (SSSR count). The van der Waals surface area contributed by atoms with Crippen molar-refractivity contribution in [1.82, 2.24) is 0 Å². The highest BCUT2D eigenvalue weighted by atomic mass is 19.2. The van der Waals surface area contributed by atoms with Gasteiger partial charge in [-0.2, -0.15) is 0 Å². The van der Waals surface area contributed by atoms with Crippen LogP contribution in [0.25, 0.3) is 0 Å². The largest absolute Gasteiger partial charge is 0.294 e. The van der Waals surface area contributed by atoms with Gasteiger partial charge in [0.15, 0.2) is 17.4 Å². The molecule has 0 spiro atoms. The quantitative estimate of drug-likeness (QED) is 0.552. The first-order chi connectivity index (χ1) is 13.1. The van der Waals surface area contributed by atoms with Gasteiger partial charge in [0.05, 0.1) is 5.56 Å². The van der Waals surface area contributed by atoms with E-state index in [1.165, 1.54) is 57.4 Å². The lowest BCUT2D eigenvalue weighted by Crippen LogP contribution is -2.27. The van der Waals surface area contributed by atoms with Crippen LogP contribution >= 0.6 is 0 Å². The molecular weight excluding hydrogens is 342 g/mol. The molecule has 1 nitrogen and oxygen atoms in total. The molecule has 0 aliphatic heterocycles. The standard InChI is InChI=1S/C24H32F2O/c1-2-3-15-4-6-16(7-5-15)17-8-10-18(11-9-17)20-14-22(27)23-19(20)12-13-21(25)24(23)26/h12-13,15-18,20H,2-11,14H2,1H3. The van der Waals surface area contributed by atoms with E-state index in [1.807, 2.05) is 0 Å². The number of ketones is 1. The number of carbonyl (C=O) groups excluding carboxylic acids is 1. The van der Waals surface area contributed by atoms with E-state index >= 15 is 0 Å². The molecule has 1 unspecified atom stereocenters. The number of carbonyl (C=O) groups is 1. The molecule has 1 atom stereocenters. The monoisotopic (exact) mass is 374 g/mol. The van der Waals surface area contributed by atoms with E-state index in [2.05, 4.69) is 6.92 Å². The maximum absolute atomic E-state index is 14.1. The van der Waals surface area contributed by atoms with E-state index in [0.717, 1.165) is 36.2 Å². The normalized spacial score (nSPS) is 33.9. The average molecular weight is 375 g/mol. The van der Waals surface area contributed by atoms with Gasteiger partial charge in [0.2, 0.25) is 0 Å². The van der Waals surface area contributed by atoms with E-state index < -0.39 is 11.6 Å². The minimum atomic E-state index is -0.933. The van der Waals surface area contributed by atoms with Crippen molar-refractivity contribution in [2.75, 3.05) is 0 Å². The number of rotatable bonds is 4. The zero-order valence-electron chi connectivity index (χ0n) is 16.5. The third-order valence-electron chi connectivity index (χ3n) is 7.85. The Morgan fingerprint density at radius 1 is 0.889 bits per heavy atom. The summed E-state index contributed by atoms with van der Waals surface area (Å²) in [5.41, 5.74) is 0.804. The second-order valence-electron chi connectivity index (χ2n) is 9.30. The number of benzene rings is 1. The summed E-state index contributed by atoms with van der Waals surface area (Å²) in [6, 6.07) is 2.85. The maximum atomic E-state index is 14.1. The van der Waals surface area contributed by atoms with Crippen LogP contribution < -0.4 is 0 Å². The predicted molar refractivity (Wildman–Crippen MR) is 104 cm³/mol. The molecule has 0 bridgehead atoms. The molecule has 148 valence electrons. The first-order valence-electron chi connectivity index (χ1n) is 11.1. The van der Waals surface area contributed by atoms with Crippen LogP contribution in [0.1, 0.15) is 99.4 Å². The summed E-state index contributed by atoms with van der Waals surface area (Å²) in [6.45, 7) is 2.29. The van der Waals surface area contributed by atoms with Crippen molar-refractivity contribution < 1.29 is 13.6 Å². The smallest absolute Gasteiger partial charge is 0.169 e. The number of fused-ring (bicyclic) bond motifs is 1. The van der Waals surface area contributed by atoms with Crippen LogP contribution in [-0.4, -0.2) is 5.78 Å². The van der Waals surface area contributed by atoms with Crippen LogP contribution in [0.3, 0.4) is 0 Å². The van der Waals surface area contributed by atoms with Crippen LogP contribution in [0, 0.1) is 35.3 Å². The number of hydrogen-bond acceptors (Lipinski definition) is 1. The van der Waals surface area contributed by atoms with Crippen molar-refractivity contribution in [3.63, 3.8) is 0 Å². The second kappa shape index (κ2) is 8.01. The molecule has 2 fully saturated rings. The summed E-state index contributed by atoms with van der Waals surface area (Å²) in [7, 11) is 0. The molecular formula is C24H32F2O. The lowest BCUT2D eigenvalue weighted by Gasteiger charge is -2.39. The van der Waals surface area contributed by atoms with Crippen molar-refractivity contribution in [2.24, 2.45) is 23.7 Å². The Morgan fingerprint density at radius 3 is 2.11 bits per heavy atom. The predicted octanol–water partition coefficient (Wildman–Crippen LogP) is 7.05. The Hall–Kier alpha value is -1.25. The van der Waals surface area contributed by atoms with Gasteiger partial charge in [-0.1, -0.05) is 38.7 Å². The molecule has 1 aromatic carbocycles. The molecule has 0 saturated heterocycles. The van der Waals surface area contributed by atoms with Crippen molar-refractivity contribution in [1.29, 1.82) is 0 Å². The van der Waals surface area contributed by atoms with Crippen LogP contribution in [0.15, 0.2) is 12.1 Å². The van der Waals surface area contributed by atoms with Gasteiger partial charge in [-0.05, 0) is 79.7 Å². The molecule has 2 saturated carbocycles. The van der Waals surface area contributed by atoms with Crippen molar-refractivity contribution in [3.05, 3.63) is 34.9 Å². The van der Waals surface area contributed by atoms with Gasteiger partial charge >= 0.3 is 0 Å². The molecule has 0 amide bonds. The van der Waals surface area contributed by atoms with E-state index in [4.69, 9.17) is 0 Å². The number of Topliss-reactive ketones (excluding diaryl/α,β-unsaturated/α-hetero) is 1. The van der Waals surface area contributed by atoms with Gasteiger partial charge in [0, 0.05) is 6.42 Å². The molecule has 3 aliphatic rings. The van der Waals surface area contributed by atoms with Gasteiger partial charge in [0.25, 0.3) is 0 Å². The van der Waals surface area contributed by atoms with Crippen LogP contribution in [0.2, 0.25) is 0 Å². The minimum absolute atomic E-state index is 0.0383. The highest BCUT2D eigenvalue weighted by molar-refractivity contribution is 6.01. The zero-order valence-corrected chi connectivity index (χ0v) is 16.5. The van der Waals surface area contributed by atoms with Crippen molar-refractivity contribution in [2.45, 2.75) is 83.5 Å². The van der Waals surface area contributed by atoms with Crippen LogP contribution in [0.5, 0.6) is 0 Å². The number of hydrogen-bond donors (Lipinski definition) is 0. The second-order valence-corrected chi connectivity index (χ2v) is 9.30. The van der Waals surface area contributed by atoms with Gasteiger partial charge in [0.1, 0.15) is 0 Å². The lowest BCUT2D eigenvalue weighted by atomic mass is 9.66. The van der Waals surface area contributed by atoms with Crippen LogP contribution in [0.4, 0.5) is 8.78 Å². The molecule has 1 aromatic rings. The van der Waals surface area contributed by atoms with Gasteiger partial charge < -0.3 is 0 Å².